The monoisotopic (exact) mass is 356 g/mol. The third kappa shape index (κ3) is 4.92. The van der Waals surface area contributed by atoms with Crippen molar-refractivity contribution in [3.8, 4) is 5.75 Å². The average molecular weight is 356 g/mol. The lowest BCUT2D eigenvalue weighted by Crippen LogP contribution is -2.31. The Balaban J connectivity index is 1.60. The quantitative estimate of drug-likeness (QED) is 0.793. The minimum atomic E-state index is -0.199. The molecule has 0 saturated carbocycles. The van der Waals surface area contributed by atoms with Crippen LogP contribution in [0.2, 0.25) is 0 Å². The van der Waals surface area contributed by atoms with Crippen molar-refractivity contribution in [1.82, 2.24) is 15.3 Å². The SMILES string of the molecule is CC(C)Oc1ccccc1Nc1ncc(C(=O)NCC2CCCO2)cn1. The van der Waals surface area contributed by atoms with Crippen molar-refractivity contribution in [2.24, 2.45) is 0 Å². The zero-order valence-corrected chi connectivity index (χ0v) is 15.1. The van der Waals surface area contributed by atoms with Gasteiger partial charge in [-0.1, -0.05) is 12.1 Å². The van der Waals surface area contributed by atoms with Crippen LogP contribution in [-0.2, 0) is 4.74 Å². The van der Waals surface area contributed by atoms with E-state index in [2.05, 4.69) is 20.6 Å². The van der Waals surface area contributed by atoms with Gasteiger partial charge in [0.1, 0.15) is 5.75 Å². The second kappa shape index (κ2) is 8.62. The molecule has 1 fully saturated rings. The Morgan fingerprint density at radius 2 is 2.08 bits per heavy atom. The molecule has 0 spiro atoms. The van der Waals surface area contributed by atoms with Crippen LogP contribution >= 0.6 is 0 Å². The van der Waals surface area contributed by atoms with E-state index < -0.39 is 0 Å². The van der Waals surface area contributed by atoms with E-state index in [9.17, 15) is 4.79 Å². The van der Waals surface area contributed by atoms with Crippen molar-refractivity contribution in [1.29, 1.82) is 0 Å². The molecule has 1 unspecified atom stereocenters. The summed E-state index contributed by atoms with van der Waals surface area (Å²) in [5.41, 5.74) is 1.19. The lowest BCUT2D eigenvalue weighted by molar-refractivity contribution is 0.0857. The van der Waals surface area contributed by atoms with Crippen LogP contribution in [0.1, 0.15) is 37.0 Å². The van der Waals surface area contributed by atoms with E-state index in [1.54, 1.807) is 0 Å². The fourth-order valence-corrected chi connectivity index (χ4v) is 2.67. The number of amides is 1. The lowest BCUT2D eigenvalue weighted by atomic mass is 10.2. The van der Waals surface area contributed by atoms with Crippen LogP contribution in [0.4, 0.5) is 11.6 Å². The van der Waals surface area contributed by atoms with Crippen molar-refractivity contribution >= 4 is 17.5 Å². The predicted octanol–water partition coefficient (Wildman–Crippen LogP) is 2.92. The van der Waals surface area contributed by atoms with Gasteiger partial charge < -0.3 is 20.1 Å². The standard InChI is InChI=1S/C19H24N4O3/c1-13(2)26-17-8-4-3-7-16(17)23-19-21-10-14(11-22-19)18(24)20-12-15-6-5-9-25-15/h3-4,7-8,10-11,13,15H,5-6,9,12H2,1-2H3,(H,20,24)(H,21,22,23). The number of aromatic nitrogens is 2. The number of ether oxygens (including phenoxy) is 2. The molecule has 7 nitrogen and oxygen atoms in total. The molecule has 1 saturated heterocycles. The average Bonchev–Trinajstić information content (AvgIpc) is 3.15. The van der Waals surface area contributed by atoms with Gasteiger partial charge in [-0.15, -0.1) is 0 Å². The fourth-order valence-electron chi connectivity index (χ4n) is 2.67. The molecule has 0 radical (unpaired) electrons. The van der Waals surface area contributed by atoms with Gasteiger partial charge in [-0.25, -0.2) is 9.97 Å². The highest BCUT2D eigenvalue weighted by Crippen LogP contribution is 2.26. The molecular formula is C19H24N4O3. The molecular weight excluding hydrogens is 332 g/mol. The molecule has 1 aromatic carbocycles. The molecule has 1 aromatic heterocycles. The summed E-state index contributed by atoms with van der Waals surface area (Å²) < 4.78 is 11.3. The van der Waals surface area contributed by atoms with Crippen LogP contribution in [0.3, 0.4) is 0 Å². The molecule has 0 bridgehead atoms. The third-order valence-corrected chi connectivity index (χ3v) is 3.92. The molecule has 2 heterocycles. The Bertz CT molecular complexity index is 728. The normalized spacial score (nSPS) is 16.5. The summed E-state index contributed by atoms with van der Waals surface area (Å²) in [4.78, 5) is 20.6. The zero-order chi connectivity index (χ0) is 18.4. The first-order valence-electron chi connectivity index (χ1n) is 8.86. The van der Waals surface area contributed by atoms with Gasteiger partial charge in [-0.2, -0.15) is 0 Å². The fraction of sp³-hybridized carbons (Fsp3) is 0.421. The molecule has 2 N–H and O–H groups in total. The summed E-state index contributed by atoms with van der Waals surface area (Å²) in [7, 11) is 0. The summed E-state index contributed by atoms with van der Waals surface area (Å²) in [6.45, 7) is 5.22. The van der Waals surface area contributed by atoms with Gasteiger partial charge in [0.15, 0.2) is 0 Å². The van der Waals surface area contributed by atoms with Crippen molar-refractivity contribution in [2.75, 3.05) is 18.5 Å². The first-order valence-corrected chi connectivity index (χ1v) is 8.86. The number of hydrogen-bond donors (Lipinski definition) is 2. The van der Waals surface area contributed by atoms with E-state index in [1.165, 1.54) is 12.4 Å². The molecule has 7 heteroatoms. The van der Waals surface area contributed by atoms with E-state index >= 15 is 0 Å². The van der Waals surface area contributed by atoms with Crippen molar-refractivity contribution in [3.63, 3.8) is 0 Å². The predicted molar refractivity (Wildman–Crippen MR) is 98.8 cm³/mol. The Morgan fingerprint density at radius 3 is 2.77 bits per heavy atom. The second-order valence-corrected chi connectivity index (χ2v) is 6.43. The Hall–Kier alpha value is -2.67. The van der Waals surface area contributed by atoms with E-state index in [0.717, 1.165) is 30.9 Å². The summed E-state index contributed by atoms with van der Waals surface area (Å²) in [6.07, 6.45) is 5.22. The lowest BCUT2D eigenvalue weighted by Gasteiger charge is -2.14. The van der Waals surface area contributed by atoms with Gasteiger partial charge in [0.25, 0.3) is 5.91 Å². The molecule has 1 aliphatic heterocycles. The number of rotatable bonds is 7. The maximum atomic E-state index is 12.2. The molecule has 1 atom stereocenters. The van der Waals surface area contributed by atoms with Gasteiger partial charge in [-0.3, -0.25) is 4.79 Å². The van der Waals surface area contributed by atoms with E-state index in [4.69, 9.17) is 9.47 Å². The molecule has 3 rings (SSSR count). The summed E-state index contributed by atoms with van der Waals surface area (Å²) in [5.74, 6) is 0.931. The number of anilines is 2. The van der Waals surface area contributed by atoms with Gasteiger partial charge in [-0.05, 0) is 38.8 Å². The van der Waals surface area contributed by atoms with Crippen LogP contribution in [0, 0.1) is 0 Å². The van der Waals surface area contributed by atoms with Crippen molar-refractivity contribution < 1.29 is 14.3 Å². The Morgan fingerprint density at radius 1 is 1.31 bits per heavy atom. The maximum Gasteiger partial charge on any atom is 0.254 e. The highest BCUT2D eigenvalue weighted by atomic mass is 16.5. The smallest absolute Gasteiger partial charge is 0.254 e. The second-order valence-electron chi connectivity index (χ2n) is 6.43. The number of nitrogens with zero attached hydrogens (tertiary/aromatic N) is 2. The minimum absolute atomic E-state index is 0.0637. The van der Waals surface area contributed by atoms with E-state index in [1.807, 2.05) is 38.1 Å². The van der Waals surface area contributed by atoms with Crippen LogP contribution < -0.4 is 15.4 Å². The molecule has 138 valence electrons. The Kier molecular flexibility index (Phi) is 6.01. The molecule has 2 aromatic rings. The van der Waals surface area contributed by atoms with Gasteiger partial charge in [0.05, 0.1) is 23.5 Å². The summed E-state index contributed by atoms with van der Waals surface area (Å²) >= 11 is 0. The molecule has 26 heavy (non-hydrogen) atoms. The van der Waals surface area contributed by atoms with Crippen LogP contribution in [0.5, 0.6) is 5.75 Å². The first-order chi connectivity index (χ1) is 12.6. The topological polar surface area (TPSA) is 85.4 Å². The van der Waals surface area contributed by atoms with Gasteiger partial charge in [0, 0.05) is 25.5 Å². The number of para-hydroxylation sites is 2. The van der Waals surface area contributed by atoms with Crippen molar-refractivity contribution in [3.05, 3.63) is 42.2 Å². The van der Waals surface area contributed by atoms with Gasteiger partial charge in [0.2, 0.25) is 5.95 Å². The van der Waals surface area contributed by atoms with E-state index in [-0.39, 0.29) is 18.1 Å². The Labute approximate surface area is 153 Å². The summed E-state index contributed by atoms with van der Waals surface area (Å²) in [5, 5.41) is 5.98. The zero-order valence-electron chi connectivity index (χ0n) is 15.1. The van der Waals surface area contributed by atoms with E-state index in [0.29, 0.717) is 18.1 Å². The highest BCUT2D eigenvalue weighted by Gasteiger charge is 2.17. The maximum absolute atomic E-state index is 12.2. The van der Waals surface area contributed by atoms with Crippen LogP contribution in [-0.4, -0.2) is 41.2 Å². The molecule has 1 amide bonds. The third-order valence-electron chi connectivity index (χ3n) is 3.92. The minimum Gasteiger partial charge on any atom is -0.489 e. The number of carbonyl (C=O) groups is 1. The number of benzene rings is 1. The largest absolute Gasteiger partial charge is 0.489 e. The van der Waals surface area contributed by atoms with Crippen LogP contribution in [0.25, 0.3) is 0 Å². The molecule has 1 aliphatic rings. The number of hydrogen-bond acceptors (Lipinski definition) is 6. The number of nitrogens with one attached hydrogen (secondary N) is 2. The first kappa shape index (κ1) is 18.1. The number of carbonyl (C=O) groups excluding carboxylic acids is 1. The summed E-state index contributed by atoms with van der Waals surface area (Å²) in [6, 6.07) is 7.59. The van der Waals surface area contributed by atoms with Crippen molar-refractivity contribution in [2.45, 2.75) is 38.9 Å². The highest BCUT2D eigenvalue weighted by molar-refractivity contribution is 5.93. The van der Waals surface area contributed by atoms with Gasteiger partial charge >= 0.3 is 0 Å². The molecule has 0 aliphatic carbocycles. The van der Waals surface area contributed by atoms with Crippen LogP contribution in [0.15, 0.2) is 36.7 Å².